The lowest BCUT2D eigenvalue weighted by Crippen LogP contribution is -2.40. The van der Waals surface area contributed by atoms with Crippen molar-refractivity contribution >= 4 is 47.2 Å². The van der Waals surface area contributed by atoms with Gasteiger partial charge in [0.2, 0.25) is 12.7 Å². The maximum absolute atomic E-state index is 12.6. The van der Waals surface area contributed by atoms with Gasteiger partial charge in [0.05, 0.1) is 0 Å². The molecule has 0 aliphatic carbocycles. The Morgan fingerprint density at radius 2 is 2.10 bits per heavy atom. The Morgan fingerprint density at radius 3 is 2.97 bits per heavy atom. The van der Waals surface area contributed by atoms with Crippen LogP contribution in [0, 0.1) is 0 Å². The quantitative estimate of drug-likeness (QED) is 0.334. The molecule has 0 unspecified atom stereocenters. The highest BCUT2D eigenvalue weighted by atomic mass is 127. The number of thiophene rings is 1. The number of ether oxygens (including phenoxy) is 2. The maximum atomic E-state index is 12.6. The van der Waals surface area contributed by atoms with Gasteiger partial charge in [0, 0.05) is 31.1 Å². The monoisotopic (exact) mass is 542 g/mol. The number of nitrogens with one attached hydrogen (secondary N) is 2. The Bertz CT molecular complexity index is 902. The number of rotatable bonds is 6. The number of guanidine groups is 1. The second-order valence-corrected chi connectivity index (χ2v) is 7.99. The zero-order chi connectivity index (χ0) is 20.1. The highest BCUT2D eigenvalue weighted by Gasteiger charge is 2.21. The zero-order valence-electron chi connectivity index (χ0n) is 17.0. The lowest BCUT2D eigenvalue weighted by Gasteiger charge is -2.26. The summed E-state index contributed by atoms with van der Waals surface area (Å²) in [6.07, 6.45) is 1.76. The average molecular weight is 542 g/mol. The number of halogens is 1. The van der Waals surface area contributed by atoms with Crippen LogP contribution in [0.2, 0.25) is 0 Å². The van der Waals surface area contributed by atoms with Gasteiger partial charge < -0.3 is 25.0 Å². The van der Waals surface area contributed by atoms with E-state index < -0.39 is 0 Å². The number of fused-ring (bicyclic) bond motifs is 2. The number of hydrogen-bond donors (Lipinski definition) is 2. The average Bonchev–Trinajstić information content (AvgIpc) is 3.39. The molecule has 4 rings (SSSR count). The zero-order valence-corrected chi connectivity index (χ0v) is 20.1. The van der Waals surface area contributed by atoms with Crippen LogP contribution in [0.1, 0.15) is 22.9 Å². The minimum Gasteiger partial charge on any atom is -0.454 e. The molecule has 9 heteroatoms. The molecule has 0 radical (unpaired) electrons. The van der Waals surface area contributed by atoms with Crippen LogP contribution in [0.5, 0.6) is 11.5 Å². The predicted octanol–water partition coefficient (Wildman–Crippen LogP) is 2.78. The summed E-state index contributed by atoms with van der Waals surface area (Å²) in [6.45, 7) is 5.37. The van der Waals surface area contributed by atoms with E-state index in [0.29, 0.717) is 19.0 Å². The molecule has 1 aromatic carbocycles. The normalized spacial score (nSPS) is 14.7. The smallest absolute Gasteiger partial charge is 0.244 e. The van der Waals surface area contributed by atoms with Crippen molar-refractivity contribution in [3.8, 4) is 11.5 Å². The fourth-order valence-corrected chi connectivity index (χ4v) is 4.36. The Balaban J connectivity index is 0.00000256. The second-order valence-electron chi connectivity index (χ2n) is 6.99. The minimum absolute atomic E-state index is 0. The summed E-state index contributed by atoms with van der Waals surface area (Å²) >= 11 is 1.78. The highest BCUT2D eigenvalue weighted by molar-refractivity contribution is 14.0. The van der Waals surface area contributed by atoms with Crippen molar-refractivity contribution in [2.45, 2.75) is 26.3 Å². The Morgan fingerprint density at radius 1 is 1.23 bits per heavy atom. The third kappa shape index (κ3) is 5.57. The van der Waals surface area contributed by atoms with Gasteiger partial charge in [-0.15, -0.1) is 35.3 Å². The minimum atomic E-state index is 0. The van der Waals surface area contributed by atoms with Crippen molar-refractivity contribution in [3.63, 3.8) is 0 Å². The molecule has 0 spiro atoms. The molecule has 3 heterocycles. The number of hydrogen-bond acceptors (Lipinski definition) is 5. The first-order valence-corrected chi connectivity index (χ1v) is 10.8. The van der Waals surface area contributed by atoms with Gasteiger partial charge in [-0.25, -0.2) is 4.99 Å². The van der Waals surface area contributed by atoms with Crippen LogP contribution in [-0.2, 0) is 24.2 Å². The Kier molecular flexibility index (Phi) is 8.20. The lowest BCUT2D eigenvalue weighted by molar-refractivity contribution is -0.130. The summed E-state index contributed by atoms with van der Waals surface area (Å²) in [5.74, 6) is 2.32. The van der Waals surface area contributed by atoms with E-state index in [1.807, 2.05) is 30.0 Å². The molecule has 0 atom stereocenters. The number of amides is 1. The van der Waals surface area contributed by atoms with Gasteiger partial charge in [-0.05, 0) is 54.5 Å². The van der Waals surface area contributed by atoms with Crippen molar-refractivity contribution in [2.24, 2.45) is 4.99 Å². The lowest BCUT2D eigenvalue weighted by atomic mass is 10.1. The van der Waals surface area contributed by atoms with E-state index in [1.165, 1.54) is 10.4 Å². The summed E-state index contributed by atoms with van der Waals surface area (Å²) in [5, 5.41) is 8.61. The van der Waals surface area contributed by atoms with Crippen LogP contribution in [0.4, 0.5) is 0 Å². The molecule has 0 saturated carbocycles. The van der Waals surface area contributed by atoms with Gasteiger partial charge in [0.1, 0.15) is 6.54 Å². The molecule has 1 aromatic heterocycles. The largest absolute Gasteiger partial charge is 0.454 e. The molecule has 0 saturated heterocycles. The number of nitrogens with zero attached hydrogens (tertiary/aromatic N) is 2. The molecule has 2 aromatic rings. The van der Waals surface area contributed by atoms with Gasteiger partial charge in [-0.1, -0.05) is 6.07 Å². The van der Waals surface area contributed by atoms with Crippen molar-refractivity contribution < 1.29 is 14.3 Å². The van der Waals surface area contributed by atoms with E-state index in [9.17, 15) is 4.79 Å². The molecule has 30 heavy (non-hydrogen) atoms. The van der Waals surface area contributed by atoms with E-state index in [0.717, 1.165) is 43.0 Å². The third-order valence-corrected chi connectivity index (χ3v) is 6.04. The fraction of sp³-hybridized carbons (Fsp3) is 0.429. The standard InChI is InChI=1S/C21H26N4O3S.HI/c1-2-22-21(23-8-5-15-3-4-17-18(11-15)28-14-27-17)24-12-20(26)25-9-6-19-16(13-25)7-10-29-19;/h3-4,7,10-11H,2,5-6,8-9,12-14H2,1H3,(H2,22,23,24);1H. The van der Waals surface area contributed by atoms with Crippen LogP contribution in [0.25, 0.3) is 0 Å². The van der Waals surface area contributed by atoms with Crippen molar-refractivity contribution in [1.29, 1.82) is 0 Å². The molecule has 7 nitrogen and oxygen atoms in total. The van der Waals surface area contributed by atoms with E-state index in [4.69, 9.17) is 9.47 Å². The molecule has 0 fully saturated rings. The van der Waals surface area contributed by atoms with Crippen LogP contribution >= 0.6 is 35.3 Å². The third-order valence-electron chi connectivity index (χ3n) is 5.02. The second kappa shape index (κ2) is 10.9. The number of carbonyl (C=O) groups excluding carboxylic acids is 1. The van der Waals surface area contributed by atoms with Crippen molar-refractivity contribution in [3.05, 3.63) is 45.6 Å². The Hall–Kier alpha value is -2.01. The SMILES string of the molecule is CCNC(=NCC(=O)N1CCc2sccc2C1)NCCc1ccc2c(c1)OCO2.I. The maximum Gasteiger partial charge on any atom is 0.244 e. The summed E-state index contributed by atoms with van der Waals surface area (Å²) in [4.78, 5) is 20.4. The summed E-state index contributed by atoms with van der Waals surface area (Å²) in [6, 6.07) is 8.10. The molecule has 162 valence electrons. The van der Waals surface area contributed by atoms with E-state index in [2.05, 4.69) is 27.1 Å². The fourth-order valence-electron chi connectivity index (χ4n) is 3.47. The molecule has 1 amide bonds. The molecule has 0 bridgehead atoms. The summed E-state index contributed by atoms with van der Waals surface area (Å²) < 4.78 is 10.8. The van der Waals surface area contributed by atoms with E-state index in [1.54, 1.807) is 11.3 Å². The van der Waals surface area contributed by atoms with Crippen LogP contribution in [-0.4, -0.2) is 49.7 Å². The van der Waals surface area contributed by atoms with Gasteiger partial charge in [0.15, 0.2) is 17.5 Å². The van der Waals surface area contributed by atoms with Gasteiger partial charge >= 0.3 is 0 Å². The van der Waals surface area contributed by atoms with Gasteiger partial charge in [-0.3, -0.25) is 4.79 Å². The van der Waals surface area contributed by atoms with Crippen LogP contribution in [0.3, 0.4) is 0 Å². The molecular formula is C21H27IN4O3S. The van der Waals surface area contributed by atoms with E-state index >= 15 is 0 Å². The Labute approximate surface area is 197 Å². The number of aliphatic imine (C=N–C) groups is 1. The number of benzene rings is 1. The van der Waals surface area contributed by atoms with Gasteiger partial charge in [-0.2, -0.15) is 0 Å². The highest BCUT2D eigenvalue weighted by Crippen LogP contribution is 2.32. The first-order chi connectivity index (χ1) is 14.2. The van der Waals surface area contributed by atoms with Crippen LogP contribution < -0.4 is 20.1 Å². The first kappa shape index (κ1) is 22.7. The van der Waals surface area contributed by atoms with E-state index in [-0.39, 0.29) is 43.2 Å². The topological polar surface area (TPSA) is 75.2 Å². The predicted molar refractivity (Wildman–Crippen MR) is 129 cm³/mol. The van der Waals surface area contributed by atoms with Crippen molar-refractivity contribution in [1.82, 2.24) is 15.5 Å². The van der Waals surface area contributed by atoms with Gasteiger partial charge in [0.25, 0.3) is 0 Å². The molecule has 2 N–H and O–H groups in total. The van der Waals surface area contributed by atoms with Crippen molar-refractivity contribution in [2.75, 3.05) is 33.0 Å². The summed E-state index contributed by atoms with van der Waals surface area (Å²) in [5.41, 5.74) is 2.43. The molecular weight excluding hydrogens is 515 g/mol. The molecule has 2 aliphatic rings. The first-order valence-electron chi connectivity index (χ1n) is 9.96. The van der Waals surface area contributed by atoms with Crippen LogP contribution in [0.15, 0.2) is 34.6 Å². The molecule has 2 aliphatic heterocycles. The summed E-state index contributed by atoms with van der Waals surface area (Å²) in [7, 11) is 0. The number of carbonyl (C=O) groups is 1.